The fraction of sp³-hybridized carbons (Fsp3) is 0.143. The number of aliphatic carboxylic acids is 1. The number of carbonyl (C=O) groups excluding carboxylic acids is 1. The topological polar surface area (TPSA) is 71.3 Å². The Morgan fingerprint density at radius 3 is 2.63 bits per heavy atom. The third-order valence-electron chi connectivity index (χ3n) is 4.27. The van der Waals surface area contributed by atoms with Crippen LogP contribution in [0.1, 0.15) is 22.8 Å². The van der Waals surface area contributed by atoms with Gasteiger partial charge >= 0.3 is 5.97 Å². The number of hydrogen-bond acceptors (Lipinski definition) is 3. The Hall–Kier alpha value is -3.41. The van der Waals surface area contributed by atoms with Gasteiger partial charge in [0, 0.05) is 28.5 Å². The summed E-state index contributed by atoms with van der Waals surface area (Å²) in [6.07, 6.45) is 1.31. The maximum Gasteiger partial charge on any atom is 0.307 e. The zero-order valence-electron chi connectivity index (χ0n) is 15.0. The van der Waals surface area contributed by atoms with Gasteiger partial charge in [0.2, 0.25) is 0 Å². The summed E-state index contributed by atoms with van der Waals surface area (Å²) in [5.41, 5.74) is 3.25. The number of allylic oxidation sites excluding steroid dienone is 1. The number of carbonyl (C=O) groups is 2. The number of nitrogens with zero attached hydrogens (tertiary/aromatic N) is 1. The molecule has 138 valence electrons. The van der Waals surface area contributed by atoms with Crippen molar-refractivity contribution >= 4 is 34.2 Å². The Balaban J connectivity index is 2.17. The number of fused-ring (bicyclic) bond motifs is 1. The number of nitrogens with one attached hydrogen (secondary N) is 1. The first-order chi connectivity index (χ1) is 12.8. The van der Waals surface area contributed by atoms with E-state index >= 15 is 0 Å². The first kappa shape index (κ1) is 18.4. The van der Waals surface area contributed by atoms with Crippen LogP contribution in [-0.2, 0) is 11.2 Å². The van der Waals surface area contributed by atoms with Gasteiger partial charge in [-0.1, -0.05) is 12.6 Å². The molecule has 5 nitrogen and oxygen atoms in total. The average Bonchev–Trinajstić information content (AvgIpc) is 2.96. The molecule has 0 radical (unpaired) electrons. The molecule has 1 heterocycles. The molecule has 0 atom stereocenters. The molecule has 0 aliphatic carbocycles. The van der Waals surface area contributed by atoms with Gasteiger partial charge < -0.3 is 10.4 Å². The van der Waals surface area contributed by atoms with Gasteiger partial charge in [0.25, 0.3) is 5.91 Å². The molecule has 0 saturated carbocycles. The van der Waals surface area contributed by atoms with Crippen LogP contribution < -0.4 is 5.32 Å². The van der Waals surface area contributed by atoms with Gasteiger partial charge in [-0.2, -0.15) is 0 Å². The number of aromatic nitrogens is 1. The lowest BCUT2D eigenvalue weighted by molar-refractivity contribution is -0.136. The first-order valence-electron chi connectivity index (χ1n) is 8.36. The maximum absolute atomic E-state index is 13.5. The van der Waals surface area contributed by atoms with E-state index in [9.17, 15) is 19.1 Å². The average molecular weight is 366 g/mol. The van der Waals surface area contributed by atoms with Crippen molar-refractivity contribution in [2.24, 2.45) is 0 Å². The van der Waals surface area contributed by atoms with Gasteiger partial charge in [-0.05, 0) is 55.3 Å². The summed E-state index contributed by atoms with van der Waals surface area (Å²) in [5, 5.41) is 13.1. The number of anilines is 2. The van der Waals surface area contributed by atoms with Crippen molar-refractivity contribution in [2.45, 2.75) is 20.3 Å². The van der Waals surface area contributed by atoms with Crippen LogP contribution in [0.4, 0.5) is 15.8 Å². The number of carboxylic acids is 1. The molecule has 27 heavy (non-hydrogen) atoms. The molecule has 0 spiro atoms. The van der Waals surface area contributed by atoms with Crippen LogP contribution in [0.5, 0.6) is 0 Å². The van der Waals surface area contributed by atoms with Gasteiger partial charge in [0.05, 0.1) is 11.9 Å². The van der Waals surface area contributed by atoms with E-state index in [1.807, 2.05) is 0 Å². The lowest BCUT2D eigenvalue weighted by Gasteiger charge is -2.11. The summed E-state index contributed by atoms with van der Waals surface area (Å²) in [4.78, 5) is 23.8. The molecule has 0 fully saturated rings. The Bertz CT molecular complexity index is 1080. The SMILES string of the molecule is C=C(C)C(=O)n1cc(CC(=O)O)c2c(Nc3ccc(F)c(C)c3)cccc21. The van der Waals surface area contributed by atoms with Crippen LogP contribution in [0.3, 0.4) is 0 Å². The number of rotatable bonds is 5. The molecular weight excluding hydrogens is 347 g/mol. The second kappa shape index (κ2) is 7.07. The van der Waals surface area contributed by atoms with Gasteiger partial charge in [-0.25, -0.2) is 4.39 Å². The summed E-state index contributed by atoms with van der Waals surface area (Å²) in [5.74, 6) is -1.60. The normalized spacial score (nSPS) is 10.8. The monoisotopic (exact) mass is 366 g/mol. The van der Waals surface area contributed by atoms with Crippen molar-refractivity contribution < 1.29 is 19.1 Å². The molecule has 0 aliphatic rings. The van der Waals surface area contributed by atoms with E-state index in [1.165, 1.54) is 16.8 Å². The maximum atomic E-state index is 13.5. The van der Waals surface area contributed by atoms with Gasteiger partial charge in [0.1, 0.15) is 5.82 Å². The third kappa shape index (κ3) is 3.60. The van der Waals surface area contributed by atoms with Crippen LogP contribution in [0.15, 0.2) is 54.7 Å². The van der Waals surface area contributed by atoms with Gasteiger partial charge in [0.15, 0.2) is 0 Å². The van der Waals surface area contributed by atoms with E-state index in [0.29, 0.717) is 39.0 Å². The molecule has 2 N–H and O–H groups in total. The van der Waals surface area contributed by atoms with E-state index in [1.54, 1.807) is 44.2 Å². The molecule has 0 aliphatic heterocycles. The highest BCUT2D eigenvalue weighted by Crippen LogP contribution is 2.32. The highest BCUT2D eigenvalue weighted by atomic mass is 19.1. The predicted molar refractivity (Wildman–Crippen MR) is 103 cm³/mol. The quantitative estimate of drug-likeness (QED) is 0.644. The third-order valence-corrected chi connectivity index (χ3v) is 4.27. The van der Waals surface area contributed by atoms with Crippen LogP contribution in [0.25, 0.3) is 10.9 Å². The second-order valence-electron chi connectivity index (χ2n) is 6.47. The highest BCUT2D eigenvalue weighted by molar-refractivity contribution is 6.06. The van der Waals surface area contributed by atoms with Crippen molar-refractivity contribution in [3.63, 3.8) is 0 Å². The number of aryl methyl sites for hydroxylation is 1. The van der Waals surface area contributed by atoms with Gasteiger partial charge in [-0.15, -0.1) is 0 Å². The number of carboxylic acid groups (broad SMARTS) is 1. The predicted octanol–water partition coefficient (Wildman–Crippen LogP) is 4.68. The molecule has 2 aromatic carbocycles. The summed E-state index contributed by atoms with van der Waals surface area (Å²) in [7, 11) is 0. The summed E-state index contributed by atoms with van der Waals surface area (Å²) >= 11 is 0. The van der Waals surface area contributed by atoms with Crippen molar-refractivity contribution in [3.05, 3.63) is 71.7 Å². The van der Waals surface area contributed by atoms with E-state index in [4.69, 9.17) is 0 Å². The highest BCUT2D eigenvalue weighted by Gasteiger charge is 2.18. The Morgan fingerprint density at radius 1 is 1.26 bits per heavy atom. The van der Waals surface area contributed by atoms with Crippen molar-refractivity contribution in [2.75, 3.05) is 5.32 Å². The van der Waals surface area contributed by atoms with Crippen LogP contribution in [-0.4, -0.2) is 21.6 Å². The van der Waals surface area contributed by atoms with E-state index in [2.05, 4.69) is 11.9 Å². The molecule has 3 rings (SSSR count). The molecule has 0 unspecified atom stereocenters. The van der Waals surface area contributed by atoms with Gasteiger partial charge in [-0.3, -0.25) is 14.2 Å². The van der Waals surface area contributed by atoms with E-state index in [-0.39, 0.29) is 18.1 Å². The standard InChI is InChI=1S/C21H19FN2O3/c1-12(2)21(27)24-11-14(10-19(25)26)20-17(5-4-6-18(20)24)23-15-7-8-16(22)13(3)9-15/h4-9,11,23H,1,10H2,2-3H3,(H,25,26). The zero-order chi connectivity index (χ0) is 19.7. The molecule has 0 amide bonds. The summed E-state index contributed by atoms with van der Waals surface area (Å²) in [6, 6.07) is 9.96. The lowest BCUT2D eigenvalue weighted by atomic mass is 10.1. The number of hydrogen-bond donors (Lipinski definition) is 2. The molecule has 0 saturated heterocycles. The molecular formula is C21H19FN2O3. The fourth-order valence-corrected chi connectivity index (χ4v) is 3.02. The molecule has 1 aromatic heterocycles. The molecule has 0 bridgehead atoms. The largest absolute Gasteiger partial charge is 0.481 e. The fourth-order valence-electron chi connectivity index (χ4n) is 3.02. The number of benzene rings is 2. The van der Waals surface area contributed by atoms with Crippen molar-refractivity contribution in [1.82, 2.24) is 4.57 Å². The minimum atomic E-state index is -0.996. The lowest BCUT2D eigenvalue weighted by Crippen LogP contribution is -2.09. The minimum Gasteiger partial charge on any atom is -0.481 e. The first-order valence-corrected chi connectivity index (χ1v) is 8.36. The smallest absolute Gasteiger partial charge is 0.307 e. The Labute approximate surface area is 155 Å². The van der Waals surface area contributed by atoms with Crippen LogP contribution in [0.2, 0.25) is 0 Å². The van der Waals surface area contributed by atoms with Crippen LogP contribution >= 0.6 is 0 Å². The summed E-state index contributed by atoms with van der Waals surface area (Å²) in [6.45, 7) is 6.95. The minimum absolute atomic E-state index is 0.228. The van der Waals surface area contributed by atoms with Crippen molar-refractivity contribution in [1.29, 1.82) is 0 Å². The van der Waals surface area contributed by atoms with Crippen molar-refractivity contribution in [3.8, 4) is 0 Å². The molecule has 3 aromatic rings. The summed E-state index contributed by atoms with van der Waals surface area (Å²) < 4.78 is 14.9. The Kier molecular flexibility index (Phi) is 4.81. The van der Waals surface area contributed by atoms with E-state index in [0.717, 1.165) is 0 Å². The van der Waals surface area contributed by atoms with Crippen LogP contribution in [0, 0.1) is 12.7 Å². The second-order valence-corrected chi connectivity index (χ2v) is 6.47. The van der Waals surface area contributed by atoms with E-state index < -0.39 is 5.97 Å². The zero-order valence-corrected chi connectivity index (χ0v) is 15.0. The number of halogens is 1. The Morgan fingerprint density at radius 2 is 2.00 bits per heavy atom. The molecule has 6 heteroatoms.